The van der Waals surface area contributed by atoms with Crippen molar-refractivity contribution in [2.24, 2.45) is 0 Å². The summed E-state index contributed by atoms with van der Waals surface area (Å²) >= 11 is 0. The van der Waals surface area contributed by atoms with Crippen LogP contribution >= 0.6 is 0 Å². The van der Waals surface area contributed by atoms with Crippen LogP contribution in [0.25, 0.3) is 0 Å². The molecule has 0 fully saturated rings. The Balaban J connectivity index is 0. The molecule has 11 heavy (non-hydrogen) atoms. The maximum atomic E-state index is 10.2. The first-order chi connectivity index (χ1) is 4.68. The molecular formula is C8H14O2Zn. The molecule has 0 aliphatic rings. The third-order valence-electron chi connectivity index (χ3n) is 1.38. The summed E-state index contributed by atoms with van der Waals surface area (Å²) in [4.78, 5) is 10.2. The standard InChI is InChI=1S/C8H14O2.Zn/c1-3-4-5-6-7(2)8(9)10;/h2-6H2,1H3,(H,9,10);. The number of carbonyl (C=O) groups is 1. The number of unbranched alkanes of at least 4 members (excludes halogenated alkanes) is 2. The van der Waals surface area contributed by atoms with Crippen molar-refractivity contribution >= 4 is 5.97 Å². The molecule has 0 radical (unpaired) electrons. The SMILES string of the molecule is C=C(CCCCC)C(=O)O.[Zn]. The van der Waals surface area contributed by atoms with Gasteiger partial charge in [0.2, 0.25) is 0 Å². The smallest absolute Gasteiger partial charge is 0.330 e. The monoisotopic (exact) mass is 206 g/mol. The molecule has 60 valence electrons. The largest absolute Gasteiger partial charge is 0.478 e. The predicted octanol–water partition coefficient (Wildman–Crippen LogP) is 2.20. The van der Waals surface area contributed by atoms with E-state index in [1.165, 1.54) is 0 Å². The molecule has 0 aromatic carbocycles. The van der Waals surface area contributed by atoms with Gasteiger partial charge >= 0.3 is 5.97 Å². The third-order valence-corrected chi connectivity index (χ3v) is 1.38. The Morgan fingerprint density at radius 2 is 2.00 bits per heavy atom. The molecular weight excluding hydrogens is 193 g/mol. The van der Waals surface area contributed by atoms with Crippen LogP contribution in [0.1, 0.15) is 32.6 Å². The van der Waals surface area contributed by atoms with Crippen LogP contribution in [0.4, 0.5) is 0 Å². The van der Waals surface area contributed by atoms with Gasteiger partial charge < -0.3 is 5.11 Å². The maximum Gasteiger partial charge on any atom is 0.330 e. The number of carboxylic acid groups (broad SMARTS) is 1. The molecule has 3 heteroatoms. The molecule has 0 heterocycles. The molecule has 0 aliphatic carbocycles. The number of aliphatic carboxylic acids is 1. The summed E-state index contributed by atoms with van der Waals surface area (Å²) in [5, 5.41) is 8.38. The summed E-state index contributed by atoms with van der Waals surface area (Å²) in [5.41, 5.74) is 0.327. The number of carboxylic acids is 1. The van der Waals surface area contributed by atoms with Crippen molar-refractivity contribution in [1.82, 2.24) is 0 Å². The van der Waals surface area contributed by atoms with Crippen LogP contribution in [0.2, 0.25) is 0 Å². The zero-order valence-electron chi connectivity index (χ0n) is 7.10. The minimum atomic E-state index is -0.865. The van der Waals surface area contributed by atoms with Crippen molar-refractivity contribution < 1.29 is 29.4 Å². The molecule has 0 rings (SSSR count). The van der Waals surface area contributed by atoms with E-state index in [1.807, 2.05) is 0 Å². The van der Waals surface area contributed by atoms with Gasteiger partial charge in [0.25, 0.3) is 0 Å². The molecule has 0 unspecified atom stereocenters. The topological polar surface area (TPSA) is 37.3 Å². The summed E-state index contributed by atoms with van der Waals surface area (Å²) in [7, 11) is 0. The van der Waals surface area contributed by atoms with Gasteiger partial charge in [0.15, 0.2) is 0 Å². The second-order valence-corrected chi connectivity index (χ2v) is 2.37. The molecule has 0 aromatic heterocycles. The quantitative estimate of drug-likeness (QED) is 0.426. The van der Waals surface area contributed by atoms with Gasteiger partial charge in [0.1, 0.15) is 0 Å². The Morgan fingerprint density at radius 3 is 2.36 bits per heavy atom. The molecule has 2 nitrogen and oxygen atoms in total. The van der Waals surface area contributed by atoms with Gasteiger partial charge in [-0.3, -0.25) is 0 Å². The fourth-order valence-corrected chi connectivity index (χ4v) is 0.695. The molecule has 1 N–H and O–H groups in total. The molecule has 0 spiro atoms. The zero-order valence-corrected chi connectivity index (χ0v) is 10.1. The van der Waals surface area contributed by atoms with Crippen LogP contribution in [-0.2, 0) is 24.3 Å². The van der Waals surface area contributed by atoms with E-state index in [9.17, 15) is 4.79 Å². The van der Waals surface area contributed by atoms with E-state index in [0.29, 0.717) is 12.0 Å². The van der Waals surface area contributed by atoms with Gasteiger partial charge in [0.05, 0.1) is 0 Å². The first-order valence-electron chi connectivity index (χ1n) is 3.59. The summed E-state index contributed by atoms with van der Waals surface area (Å²) in [6.45, 7) is 5.51. The van der Waals surface area contributed by atoms with Crippen molar-refractivity contribution in [2.75, 3.05) is 0 Å². The molecule has 0 bridgehead atoms. The summed E-state index contributed by atoms with van der Waals surface area (Å²) in [6, 6.07) is 0. The number of hydrogen-bond donors (Lipinski definition) is 1. The minimum absolute atomic E-state index is 0. The summed E-state index contributed by atoms with van der Waals surface area (Å²) in [5.74, 6) is -0.865. The Morgan fingerprint density at radius 1 is 1.45 bits per heavy atom. The Labute approximate surface area is 80.4 Å². The van der Waals surface area contributed by atoms with E-state index in [4.69, 9.17) is 5.11 Å². The number of hydrogen-bond acceptors (Lipinski definition) is 1. The minimum Gasteiger partial charge on any atom is -0.478 e. The molecule has 0 atom stereocenters. The van der Waals surface area contributed by atoms with Crippen LogP contribution in [0.3, 0.4) is 0 Å². The van der Waals surface area contributed by atoms with Crippen molar-refractivity contribution in [3.05, 3.63) is 12.2 Å². The Bertz CT molecular complexity index is 132. The predicted molar refractivity (Wildman–Crippen MR) is 40.9 cm³/mol. The van der Waals surface area contributed by atoms with Gasteiger partial charge in [-0.15, -0.1) is 0 Å². The van der Waals surface area contributed by atoms with Crippen molar-refractivity contribution in [1.29, 1.82) is 0 Å². The van der Waals surface area contributed by atoms with Crippen LogP contribution in [0.15, 0.2) is 12.2 Å². The van der Waals surface area contributed by atoms with Crippen molar-refractivity contribution in [2.45, 2.75) is 32.6 Å². The summed E-state index contributed by atoms with van der Waals surface area (Å²) in [6.07, 6.45) is 3.78. The zero-order chi connectivity index (χ0) is 7.98. The van der Waals surface area contributed by atoms with Crippen molar-refractivity contribution in [3.63, 3.8) is 0 Å². The molecule has 0 aliphatic heterocycles. The number of rotatable bonds is 5. The van der Waals surface area contributed by atoms with Gasteiger partial charge in [0, 0.05) is 25.1 Å². The first kappa shape index (κ1) is 13.4. The third kappa shape index (κ3) is 7.73. The first-order valence-corrected chi connectivity index (χ1v) is 3.59. The van der Waals surface area contributed by atoms with Gasteiger partial charge in [-0.2, -0.15) is 0 Å². The van der Waals surface area contributed by atoms with Crippen LogP contribution in [0.5, 0.6) is 0 Å². The van der Waals surface area contributed by atoms with E-state index in [-0.39, 0.29) is 19.5 Å². The van der Waals surface area contributed by atoms with Crippen LogP contribution in [-0.4, -0.2) is 11.1 Å². The summed E-state index contributed by atoms with van der Waals surface area (Å²) < 4.78 is 0. The van der Waals surface area contributed by atoms with E-state index in [1.54, 1.807) is 0 Å². The molecule has 0 amide bonds. The fourth-order valence-electron chi connectivity index (χ4n) is 0.695. The maximum absolute atomic E-state index is 10.2. The second-order valence-electron chi connectivity index (χ2n) is 2.37. The normalized spacial score (nSPS) is 8.45. The van der Waals surface area contributed by atoms with E-state index < -0.39 is 5.97 Å². The molecule has 0 saturated heterocycles. The molecule has 0 aromatic rings. The second kappa shape index (κ2) is 7.94. The Hall–Kier alpha value is -0.167. The van der Waals surface area contributed by atoms with Crippen LogP contribution < -0.4 is 0 Å². The fraction of sp³-hybridized carbons (Fsp3) is 0.625. The van der Waals surface area contributed by atoms with Crippen molar-refractivity contribution in [3.8, 4) is 0 Å². The Kier molecular flexibility index (Phi) is 9.68. The molecule has 0 saturated carbocycles. The average molecular weight is 208 g/mol. The van der Waals surface area contributed by atoms with Gasteiger partial charge in [-0.1, -0.05) is 26.3 Å². The van der Waals surface area contributed by atoms with E-state index >= 15 is 0 Å². The van der Waals surface area contributed by atoms with E-state index in [2.05, 4.69) is 13.5 Å². The average Bonchev–Trinajstić information content (AvgIpc) is 1.88. The van der Waals surface area contributed by atoms with Gasteiger partial charge in [-0.25, -0.2) is 4.79 Å². The van der Waals surface area contributed by atoms with Crippen LogP contribution in [0, 0.1) is 0 Å². The van der Waals surface area contributed by atoms with E-state index in [0.717, 1.165) is 19.3 Å². The van der Waals surface area contributed by atoms with Gasteiger partial charge in [-0.05, 0) is 12.8 Å².